The second-order valence-corrected chi connectivity index (χ2v) is 7.95. The van der Waals surface area contributed by atoms with E-state index in [0.717, 1.165) is 23.1 Å². The molecule has 0 aliphatic carbocycles. The van der Waals surface area contributed by atoms with Gasteiger partial charge in [0.15, 0.2) is 23.1 Å². The van der Waals surface area contributed by atoms with Gasteiger partial charge in [-0.3, -0.25) is 14.5 Å². The first-order valence-electron chi connectivity index (χ1n) is 10.5. The summed E-state index contributed by atoms with van der Waals surface area (Å²) in [6.07, 6.45) is 1.51. The molecule has 1 aromatic heterocycles. The van der Waals surface area contributed by atoms with Gasteiger partial charge in [-0.25, -0.2) is 8.78 Å². The lowest BCUT2D eigenvalue weighted by molar-refractivity contribution is -0.132. The Morgan fingerprint density at radius 3 is 2.51 bits per heavy atom. The van der Waals surface area contributed by atoms with E-state index in [4.69, 9.17) is 4.74 Å². The summed E-state index contributed by atoms with van der Waals surface area (Å²) < 4.78 is 32.8. The molecule has 0 saturated carbocycles. The van der Waals surface area contributed by atoms with Crippen molar-refractivity contribution in [3.05, 3.63) is 95.2 Å². The monoisotopic (exact) mass is 476 g/mol. The number of para-hydroxylation sites is 1. The van der Waals surface area contributed by atoms with E-state index in [1.165, 1.54) is 31.5 Å². The van der Waals surface area contributed by atoms with Crippen LogP contribution in [0.15, 0.2) is 72.4 Å². The number of ketones is 1. The van der Waals surface area contributed by atoms with Gasteiger partial charge in [-0.1, -0.05) is 24.3 Å². The number of nitrogens with zero attached hydrogens (tertiary/aromatic N) is 1. The van der Waals surface area contributed by atoms with Gasteiger partial charge in [-0.15, -0.1) is 0 Å². The third-order valence-corrected chi connectivity index (χ3v) is 5.99. The molecule has 1 saturated heterocycles. The number of carbonyl (C=O) groups excluding carboxylic acids is 2. The zero-order chi connectivity index (χ0) is 24.9. The molecule has 1 fully saturated rings. The molecule has 1 aliphatic heterocycles. The number of aliphatic hydroxyl groups is 1. The number of halogens is 2. The number of fused-ring (bicyclic) bond motifs is 1. The second-order valence-electron chi connectivity index (χ2n) is 7.95. The number of ether oxygens (including phenoxy) is 1. The number of amides is 1. The number of H-pyrrole nitrogens is 1. The summed E-state index contributed by atoms with van der Waals surface area (Å²) in [5.74, 6) is -4.97. The lowest BCUT2D eigenvalue weighted by atomic mass is 9.94. The molecule has 3 N–H and O–H groups in total. The lowest BCUT2D eigenvalue weighted by Crippen LogP contribution is -2.29. The highest BCUT2D eigenvalue weighted by Crippen LogP contribution is 2.44. The fraction of sp³-hybridized carbons (Fsp3) is 0.0769. The Hall–Kier alpha value is -4.66. The number of phenols is 1. The molecule has 4 aromatic rings. The first-order valence-corrected chi connectivity index (χ1v) is 10.5. The van der Waals surface area contributed by atoms with Crippen molar-refractivity contribution in [1.29, 1.82) is 0 Å². The van der Waals surface area contributed by atoms with Crippen LogP contribution in [0.2, 0.25) is 0 Å². The fourth-order valence-corrected chi connectivity index (χ4v) is 4.34. The van der Waals surface area contributed by atoms with E-state index < -0.39 is 35.1 Å². The summed E-state index contributed by atoms with van der Waals surface area (Å²) in [7, 11) is 1.36. The minimum atomic E-state index is -1.25. The summed E-state index contributed by atoms with van der Waals surface area (Å²) in [6.45, 7) is 0. The number of phenolic OH excluding ortho intramolecular Hbond substituents is 1. The minimum Gasteiger partial charge on any atom is -0.507 e. The topological polar surface area (TPSA) is 103 Å². The Kier molecular flexibility index (Phi) is 5.24. The number of Topliss-reactive ketones (excluding diaryl/α,β-unsaturated/α-hetero) is 1. The smallest absolute Gasteiger partial charge is 0.300 e. The van der Waals surface area contributed by atoms with Crippen LogP contribution in [0.1, 0.15) is 17.2 Å². The molecular weight excluding hydrogens is 458 g/mol. The highest BCUT2D eigenvalue weighted by Gasteiger charge is 2.47. The van der Waals surface area contributed by atoms with Crippen molar-refractivity contribution >= 4 is 34.0 Å². The third kappa shape index (κ3) is 3.48. The lowest BCUT2D eigenvalue weighted by Gasteiger charge is -2.25. The summed E-state index contributed by atoms with van der Waals surface area (Å²) in [6, 6.07) is 12.8. The molecule has 5 rings (SSSR count). The average molecular weight is 476 g/mol. The third-order valence-electron chi connectivity index (χ3n) is 5.99. The van der Waals surface area contributed by atoms with Crippen LogP contribution in [0.25, 0.3) is 16.7 Å². The average Bonchev–Trinajstić information content (AvgIpc) is 3.40. The van der Waals surface area contributed by atoms with Gasteiger partial charge in [0.2, 0.25) is 0 Å². The number of rotatable bonds is 4. The molecule has 1 unspecified atom stereocenters. The van der Waals surface area contributed by atoms with Gasteiger partial charge < -0.3 is 19.9 Å². The summed E-state index contributed by atoms with van der Waals surface area (Å²) >= 11 is 0. The van der Waals surface area contributed by atoms with Crippen molar-refractivity contribution in [2.75, 3.05) is 12.0 Å². The number of aromatic hydroxyl groups is 1. The molecule has 1 amide bonds. The van der Waals surface area contributed by atoms with Crippen molar-refractivity contribution in [1.82, 2.24) is 4.98 Å². The number of nitrogens with one attached hydrogen (secondary N) is 1. The van der Waals surface area contributed by atoms with E-state index in [0.29, 0.717) is 10.9 Å². The molecule has 3 aromatic carbocycles. The van der Waals surface area contributed by atoms with Crippen LogP contribution >= 0.6 is 0 Å². The number of aromatic nitrogens is 1. The molecule has 1 aliphatic rings. The summed E-state index contributed by atoms with van der Waals surface area (Å²) in [5, 5.41) is 22.3. The van der Waals surface area contributed by atoms with E-state index in [2.05, 4.69) is 4.98 Å². The van der Waals surface area contributed by atoms with Crippen LogP contribution in [0.3, 0.4) is 0 Å². The second kappa shape index (κ2) is 8.28. The van der Waals surface area contributed by atoms with Gasteiger partial charge in [0.05, 0.1) is 18.7 Å². The quantitative estimate of drug-likeness (QED) is 0.223. The molecule has 9 heteroatoms. The van der Waals surface area contributed by atoms with Gasteiger partial charge >= 0.3 is 0 Å². The van der Waals surface area contributed by atoms with E-state index in [1.54, 1.807) is 24.3 Å². The predicted octanol–water partition coefficient (Wildman–Crippen LogP) is 4.79. The number of hydrogen-bond donors (Lipinski definition) is 3. The van der Waals surface area contributed by atoms with Crippen molar-refractivity contribution in [3.8, 4) is 11.5 Å². The Morgan fingerprint density at radius 2 is 1.80 bits per heavy atom. The van der Waals surface area contributed by atoms with Crippen molar-refractivity contribution < 1.29 is 33.3 Å². The Labute approximate surface area is 197 Å². The first kappa shape index (κ1) is 22.1. The largest absolute Gasteiger partial charge is 0.507 e. The van der Waals surface area contributed by atoms with Gasteiger partial charge in [-0.2, -0.15) is 0 Å². The molecule has 2 heterocycles. The van der Waals surface area contributed by atoms with Gasteiger partial charge in [0.25, 0.3) is 11.7 Å². The first-order chi connectivity index (χ1) is 16.8. The molecule has 35 heavy (non-hydrogen) atoms. The number of carbonyl (C=O) groups is 2. The van der Waals surface area contributed by atoms with E-state index in [1.807, 2.05) is 0 Å². The maximum Gasteiger partial charge on any atom is 0.300 e. The molecule has 0 spiro atoms. The Balaban J connectivity index is 1.77. The number of aliphatic hydroxyl groups excluding tert-OH is 1. The number of hydrogen-bond acceptors (Lipinski definition) is 5. The van der Waals surface area contributed by atoms with Crippen LogP contribution < -0.4 is 9.64 Å². The molecule has 1 atom stereocenters. The zero-order valence-electron chi connectivity index (χ0n) is 18.3. The van der Waals surface area contributed by atoms with E-state index in [-0.39, 0.29) is 33.9 Å². The normalized spacial score (nSPS) is 17.3. The van der Waals surface area contributed by atoms with Crippen molar-refractivity contribution in [2.24, 2.45) is 0 Å². The molecule has 0 bridgehead atoms. The standard InChI is InChI=1S/C26H18F2N2O5/c1-35-21-9-6-13(10-20(21)31)23-22(24(32)16-12-29-19-5-3-2-4-15(16)19)25(33)26(34)30(23)14-7-8-17(27)18(28)11-14/h2-12,23,29,31-32H,1H3/b24-22-. The fourth-order valence-electron chi connectivity index (χ4n) is 4.34. The van der Waals surface area contributed by atoms with Gasteiger partial charge in [0, 0.05) is 34.4 Å². The number of anilines is 1. The van der Waals surface area contributed by atoms with E-state index in [9.17, 15) is 28.6 Å². The molecule has 7 nitrogen and oxygen atoms in total. The highest BCUT2D eigenvalue weighted by molar-refractivity contribution is 6.51. The van der Waals surface area contributed by atoms with Gasteiger partial charge in [-0.05, 0) is 35.9 Å². The summed E-state index contributed by atoms with van der Waals surface area (Å²) in [4.78, 5) is 30.4. The van der Waals surface area contributed by atoms with Crippen LogP contribution in [-0.2, 0) is 9.59 Å². The Bertz CT molecular complexity index is 1540. The van der Waals surface area contributed by atoms with Crippen molar-refractivity contribution in [3.63, 3.8) is 0 Å². The number of benzene rings is 3. The maximum atomic E-state index is 14.1. The number of aromatic amines is 1. The Morgan fingerprint density at radius 1 is 1.03 bits per heavy atom. The van der Waals surface area contributed by atoms with Crippen LogP contribution in [-0.4, -0.2) is 34.0 Å². The number of methoxy groups -OCH3 is 1. The molecular formula is C26H18F2N2O5. The molecule has 176 valence electrons. The summed E-state index contributed by atoms with van der Waals surface area (Å²) in [5.41, 5.74) is 0.862. The van der Waals surface area contributed by atoms with Crippen LogP contribution in [0.4, 0.5) is 14.5 Å². The molecule has 0 radical (unpaired) electrons. The van der Waals surface area contributed by atoms with Crippen LogP contribution in [0, 0.1) is 11.6 Å². The van der Waals surface area contributed by atoms with E-state index >= 15 is 0 Å². The van der Waals surface area contributed by atoms with Crippen LogP contribution in [0.5, 0.6) is 11.5 Å². The van der Waals surface area contributed by atoms with Gasteiger partial charge in [0.1, 0.15) is 5.76 Å². The maximum absolute atomic E-state index is 14.1. The van der Waals surface area contributed by atoms with Crippen molar-refractivity contribution in [2.45, 2.75) is 6.04 Å². The minimum absolute atomic E-state index is 0.0933. The predicted molar refractivity (Wildman–Crippen MR) is 124 cm³/mol. The zero-order valence-corrected chi connectivity index (χ0v) is 18.3. The highest BCUT2D eigenvalue weighted by atomic mass is 19.2. The SMILES string of the molecule is COc1ccc(C2/C(=C(/O)c3c[nH]c4ccccc34)C(=O)C(=O)N2c2ccc(F)c(F)c2)cc1O.